The first kappa shape index (κ1) is 10.9. The van der Waals surface area contributed by atoms with E-state index in [-0.39, 0.29) is 5.91 Å². The smallest absolute Gasteiger partial charge is 0.229 e. The summed E-state index contributed by atoms with van der Waals surface area (Å²) in [5.41, 5.74) is 4.48. The lowest BCUT2D eigenvalue weighted by atomic mass is 9.84. The Morgan fingerprint density at radius 1 is 1.53 bits per heavy atom. The average molecular weight is 212 g/mol. The maximum atomic E-state index is 11.9. The number of hydrogen-bond acceptors (Lipinski definition) is 3. The molecule has 15 heavy (non-hydrogen) atoms. The third-order valence-corrected chi connectivity index (χ3v) is 3.64. The first-order valence-electron chi connectivity index (χ1n) is 5.61. The highest BCUT2D eigenvalue weighted by Crippen LogP contribution is 2.45. The summed E-state index contributed by atoms with van der Waals surface area (Å²) in [5.74, 6) is 0.498. The molecule has 1 saturated heterocycles. The lowest BCUT2D eigenvalue weighted by Crippen LogP contribution is -2.67. The molecule has 2 rings (SSSR count). The molecule has 0 unspecified atom stereocenters. The fourth-order valence-corrected chi connectivity index (χ4v) is 2.15. The number of nitrogens with zero attached hydrogens (tertiary/aromatic N) is 1. The van der Waals surface area contributed by atoms with Gasteiger partial charge in [0.05, 0.1) is 18.5 Å². The molecule has 86 valence electrons. The molecule has 4 nitrogen and oxygen atoms in total. The summed E-state index contributed by atoms with van der Waals surface area (Å²) >= 11 is 0. The van der Waals surface area contributed by atoms with E-state index in [4.69, 9.17) is 5.73 Å². The summed E-state index contributed by atoms with van der Waals surface area (Å²) in [6.45, 7) is 5.05. The molecule has 1 amide bonds. The van der Waals surface area contributed by atoms with E-state index in [1.807, 2.05) is 13.8 Å². The van der Waals surface area contributed by atoms with Gasteiger partial charge in [-0.1, -0.05) is 0 Å². The van der Waals surface area contributed by atoms with Crippen LogP contribution in [0.4, 0.5) is 0 Å². The van der Waals surface area contributed by atoms with Crippen LogP contribution in [0.5, 0.6) is 0 Å². The number of rotatable bonds is 3. The van der Waals surface area contributed by atoms with Crippen LogP contribution in [0, 0.1) is 11.3 Å². The summed E-state index contributed by atoms with van der Waals surface area (Å²) < 4.78 is 0. The Balaban J connectivity index is 1.91. The van der Waals surface area contributed by atoms with Crippen LogP contribution < -0.4 is 5.73 Å². The lowest BCUT2D eigenvalue weighted by molar-refractivity contribution is -0.167. The topological polar surface area (TPSA) is 66.6 Å². The molecule has 0 aromatic carbocycles. The minimum atomic E-state index is -0.583. The van der Waals surface area contributed by atoms with Crippen LogP contribution in [0.1, 0.15) is 26.7 Å². The molecule has 4 heteroatoms. The Bertz CT molecular complexity index is 278. The average Bonchev–Trinajstić information content (AvgIpc) is 2.94. The van der Waals surface area contributed by atoms with Crippen molar-refractivity contribution in [2.75, 3.05) is 19.6 Å². The van der Waals surface area contributed by atoms with Crippen LogP contribution in [0.2, 0.25) is 0 Å². The predicted octanol–water partition coefficient (Wildman–Crippen LogP) is -0.0454. The van der Waals surface area contributed by atoms with Crippen molar-refractivity contribution in [3.63, 3.8) is 0 Å². The zero-order valence-corrected chi connectivity index (χ0v) is 9.49. The molecule has 1 aliphatic heterocycles. The molecule has 0 bridgehead atoms. The number of carbonyl (C=O) groups excluding carboxylic acids is 1. The monoisotopic (exact) mass is 212 g/mol. The second-order valence-corrected chi connectivity index (χ2v) is 5.63. The van der Waals surface area contributed by atoms with Gasteiger partial charge in [0.25, 0.3) is 0 Å². The van der Waals surface area contributed by atoms with Crippen molar-refractivity contribution in [3.8, 4) is 0 Å². The second-order valence-electron chi connectivity index (χ2n) is 5.63. The van der Waals surface area contributed by atoms with Gasteiger partial charge in [-0.05, 0) is 32.6 Å². The highest BCUT2D eigenvalue weighted by Gasteiger charge is 2.54. The van der Waals surface area contributed by atoms with Crippen LogP contribution in [0.3, 0.4) is 0 Å². The van der Waals surface area contributed by atoms with Crippen LogP contribution in [0.15, 0.2) is 0 Å². The van der Waals surface area contributed by atoms with Gasteiger partial charge in [0.15, 0.2) is 0 Å². The molecule has 3 N–H and O–H groups in total. The standard InChI is InChI=1S/C11H20N2O2/c1-10(2,5-12)9(14)13-6-11(15,7-13)8-3-4-8/h8,15H,3-7,12H2,1-2H3. The van der Waals surface area contributed by atoms with E-state index < -0.39 is 11.0 Å². The van der Waals surface area contributed by atoms with E-state index in [0.717, 1.165) is 12.8 Å². The number of hydrogen-bond donors (Lipinski definition) is 2. The maximum Gasteiger partial charge on any atom is 0.229 e. The molecule has 0 spiro atoms. The van der Waals surface area contributed by atoms with Crippen LogP contribution in [-0.2, 0) is 4.79 Å². The van der Waals surface area contributed by atoms with Gasteiger partial charge in [0.1, 0.15) is 5.60 Å². The fraction of sp³-hybridized carbons (Fsp3) is 0.909. The third kappa shape index (κ3) is 1.76. The lowest BCUT2D eigenvalue weighted by Gasteiger charge is -2.49. The summed E-state index contributed by atoms with van der Waals surface area (Å²) in [4.78, 5) is 13.7. The molecule has 0 atom stereocenters. The Morgan fingerprint density at radius 2 is 2.07 bits per heavy atom. The maximum absolute atomic E-state index is 11.9. The van der Waals surface area contributed by atoms with Gasteiger partial charge in [0.2, 0.25) is 5.91 Å². The Labute approximate surface area is 90.4 Å². The van der Waals surface area contributed by atoms with Gasteiger partial charge in [-0.3, -0.25) is 4.79 Å². The Hall–Kier alpha value is -0.610. The van der Waals surface area contributed by atoms with Crippen molar-refractivity contribution in [2.45, 2.75) is 32.3 Å². The number of nitrogens with two attached hydrogens (primary N) is 1. The summed E-state index contributed by atoms with van der Waals surface area (Å²) in [6, 6.07) is 0. The third-order valence-electron chi connectivity index (χ3n) is 3.64. The van der Waals surface area contributed by atoms with Crippen molar-refractivity contribution in [3.05, 3.63) is 0 Å². The summed E-state index contributed by atoms with van der Waals surface area (Å²) in [5, 5.41) is 10.1. The van der Waals surface area contributed by atoms with Crippen molar-refractivity contribution in [2.24, 2.45) is 17.1 Å². The van der Waals surface area contributed by atoms with E-state index in [9.17, 15) is 9.90 Å². The minimum Gasteiger partial charge on any atom is -0.386 e. The molecule has 0 aromatic heterocycles. The van der Waals surface area contributed by atoms with Crippen LogP contribution in [0.25, 0.3) is 0 Å². The molecular formula is C11H20N2O2. The fourth-order valence-electron chi connectivity index (χ4n) is 2.15. The van der Waals surface area contributed by atoms with E-state index >= 15 is 0 Å². The van der Waals surface area contributed by atoms with Gasteiger partial charge >= 0.3 is 0 Å². The zero-order valence-electron chi connectivity index (χ0n) is 9.49. The van der Waals surface area contributed by atoms with Gasteiger partial charge < -0.3 is 15.7 Å². The molecule has 2 fully saturated rings. The molecule has 1 heterocycles. The largest absolute Gasteiger partial charge is 0.386 e. The quantitative estimate of drug-likeness (QED) is 0.689. The van der Waals surface area contributed by atoms with Crippen molar-refractivity contribution < 1.29 is 9.90 Å². The van der Waals surface area contributed by atoms with Gasteiger partial charge in [-0.2, -0.15) is 0 Å². The van der Waals surface area contributed by atoms with Crippen molar-refractivity contribution in [1.29, 1.82) is 0 Å². The van der Waals surface area contributed by atoms with E-state index in [2.05, 4.69) is 0 Å². The normalized spacial score (nSPS) is 24.9. The van der Waals surface area contributed by atoms with Gasteiger partial charge in [-0.15, -0.1) is 0 Å². The number of carbonyl (C=O) groups is 1. The first-order chi connectivity index (χ1) is 6.89. The highest BCUT2D eigenvalue weighted by molar-refractivity contribution is 5.83. The van der Waals surface area contributed by atoms with E-state index in [1.165, 1.54) is 0 Å². The van der Waals surface area contributed by atoms with Gasteiger partial charge in [-0.25, -0.2) is 0 Å². The SMILES string of the molecule is CC(C)(CN)C(=O)N1CC(O)(C2CC2)C1. The van der Waals surface area contributed by atoms with E-state index in [1.54, 1.807) is 4.90 Å². The van der Waals surface area contributed by atoms with Crippen molar-refractivity contribution >= 4 is 5.91 Å². The Morgan fingerprint density at radius 3 is 2.47 bits per heavy atom. The second kappa shape index (κ2) is 3.19. The number of β-amino-alcohol motifs (C(OH)–C–C–N with tert-alkyl or cyclic N) is 1. The molecule has 1 saturated carbocycles. The Kier molecular flexibility index (Phi) is 2.32. The number of amides is 1. The minimum absolute atomic E-state index is 0.0651. The summed E-state index contributed by atoms with van der Waals surface area (Å²) in [7, 11) is 0. The van der Waals surface area contributed by atoms with E-state index in [0.29, 0.717) is 25.6 Å². The molecular weight excluding hydrogens is 192 g/mol. The molecule has 2 aliphatic rings. The van der Waals surface area contributed by atoms with Crippen molar-refractivity contribution in [1.82, 2.24) is 4.90 Å². The van der Waals surface area contributed by atoms with Crippen LogP contribution >= 0.6 is 0 Å². The highest BCUT2D eigenvalue weighted by atomic mass is 16.3. The number of aliphatic hydroxyl groups is 1. The number of likely N-dealkylation sites (tertiary alicyclic amines) is 1. The zero-order chi connectivity index (χ0) is 11.3. The van der Waals surface area contributed by atoms with Gasteiger partial charge in [0, 0.05) is 6.54 Å². The molecule has 0 radical (unpaired) electrons. The predicted molar refractivity (Wildman–Crippen MR) is 57.1 cm³/mol. The summed E-state index contributed by atoms with van der Waals surface area (Å²) in [6.07, 6.45) is 2.22. The first-order valence-corrected chi connectivity index (χ1v) is 5.61. The molecule has 1 aliphatic carbocycles. The van der Waals surface area contributed by atoms with Crippen LogP contribution in [-0.4, -0.2) is 41.1 Å². The molecule has 0 aromatic rings.